The van der Waals surface area contributed by atoms with Gasteiger partial charge in [-0.3, -0.25) is 19.2 Å². The Hall–Kier alpha value is -1.34. The van der Waals surface area contributed by atoms with Crippen molar-refractivity contribution in [1.82, 2.24) is 10.6 Å². The van der Waals surface area contributed by atoms with Crippen LogP contribution in [-0.4, -0.2) is 58.3 Å². The van der Waals surface area contributed by atoms with Gasteiger partial charge in [0.1, 0.15) is 18.6 Å². The zero-order valence-electron chi connectivity index (χ0n) is 11.4. The van der Waals surface area contributed by atoms with E-state index < -0.39 is 42.4 Å². The van der Waals surface area contributed by atoms with Crippen LogP contribution >= 0.6 is 12.6 Å². The minimum absolute atomic E-state index is 0.0256. The molecular weight excluding hydrogens is 363 g/mol. The number of carbonyl (C=O) groups excluding carboxylic acids is 2. The number of thiol groups is 1. The monoisotopic (exact) mass is 382 g/mol. The molecule has 8 N–H and O–H groups in total. The summed E-state index contributed by atoms with van der Waals surface area (Å²) in [7, 11) is 0. The number of nitrogens with one attached hydrogen (secondary N) is 2. The number of aliphatic carboxylic acids is 2. The number of carboxylic acids is 2. The number of nitrogens with two attached hydrogens (primary N) is 2. The van der Waals surface area contributed by atoms with E-state index in [9.17, 15) is 19.2 Å². The molecule has 2 amide bonds. The van der Waals surface area contributed by atoms with Gasteiger partial charge in [-0.25, -0.2) is 0 Å². The van der Waals surface area contributed by atoms with E-state index in [1.807, 2.05) is 0 Å². The molecule has 0 radical (unpaired) electrons. The third-order valence-corrected chi connectivity index (χ3v) is 2.61. The molecule has 0 aliphatic carbocycles. The first-order chi connectivity index (χ1) is 10.3. The standard InChI is InChI=1S/C10H17N3O6S.Co.H2N/c11-5(10(18)19)1-2-7(14)13-6(4-20)9(17)12-3-8(15)16;;/h5-6,20H,1-4,11H2,(H,12,17)(H,13,14)(H,15,16)(H,18,19);;1H2/q;+1;-1/t5-,6-;;/m0../s1. The van der Waals surface area contributed by atoms with Crippen LogP contribution < -0.4 is 21.1 Å². The SMILES string of the molecule is N[C@@H](CCC(=O)N[C@@H](CS)C(=O)NCC(=O)O)C(=O)O.[NH2][Co]. The van der Waals surface area contributed by atoms with E-state index in [-0.39, 0.29) is 18.6 Å². The summed E-state index contributed by atoms with van der Waals surface area (Å²) in [5.74, 6) is -3.70. The molecule has 0 fully saturated rings. The summed E-state index contributed by atoms with van der Waals surface area (Å²) in [5, 5.41) is 21.4. The fraction of sp³-hybridized carbons (Fsp3) is 0.600. The van der Waals surface area contributed by atoms with Crippen molar-refractivity contribution in [1.29, 1.82) is 0 Å². The molecule has 0 rings (SSSR count). The molecule has 0 aromatic rings. The van der Waals surface area contributed by atoms with Gasteiger partial charge in [0.25, 0.3) is 0 Å². The van der Waals surface area contributed by atoms with Crippen LogP contribution in [0.5, 0.6) is 0 Å². The molecule has 22 heavy (non-hydrogen) atoms. The summed E-state index contributed by atoms with van der Waals surface area (Å²) in [4.78, 5) is 47.9. The molecule has 0 aliphatic rings. The number of rotatable bonds is 9. The molecule has 0 aliphatic heterocycles. The molecule has 10 nitrogen and oxygen atoms in total. The van der Waals surface area contributed by atoms with Gasteiger partial charge in [-0.2, -0.15) is 12.6 Å². The van der Waals surface area contributed by atoms with Crippen molar-refractivity contribution in [3.05, 3.63) is 0 Å². The fourth-order valence-electron chi connectivity index (χ4n) is 1.16. The average molecular weight is 382 g/mol. The molecule has 0 aromatic carbocycles. The molecule has 0 saturated carbocycles. The molecule has 2 atom stereocenters. The predicted molar refractivity (Wildman–Crippen MR) is 75.5 cm³/mol. The third kappa shape index (κ3) is 11.3. The zero-order chi connectivity index (χ0) is 17.7. The summed E-state index contributed by atoms with van der Waals surface area (Å²) in [6, 6.07) is -2.15. The van der Waals surface area contributed by atoms with E-state index in [1.54, 1.807) is 0 Å². The van der Waals surface area contributed by atoms with Crippen molar-refractivity contribution in [2.24, 2.45) is 10.5 Å². The topological polar surface area (TPSA) is 185 Å². The Balaban J connectivity index is 0. The van der Waals surface area contributed by atoms with E-state index in [1.165, 1.54) is 0 Å². The molecule has 0 aromatic heterocycles. The first-order valence-electron chi connectivity index (χ1n) is 5.85. The van der Waals surface area contributed by atoms with Crippen LogP contribution in [0.3, 0.4) is 0 Å². The van der Waals surface area contributed by atoms with Crippen molar-refractivity contribution in [2.45, 2.75) is 24.9 Å². The van der Waals surface area contributed by atoms with E-state index in [0.717, 1.165) is 0 Å². The Labute approximate surface area is 140 Å². The van der Waals surface area contributed by atoms with E-state index in [2.05, 4.69) is 44.0 Å². The molecule has 0 bridgehead atoms. The second-order valence-electron chi connectivity index (χ2n) is 3.90. The normalized spacial score (nSPS) is 12.2. The Morgan fingerprint density at radius 3 is 2.14 bits per heavy atom. The van der Waals surface area contributed by atoms with Gasteiger partial charge in [0.15, 0.2) is 0 Å². The maximum atomic E-state index is 11.5. The van der Waals surface area contributed by atoms with Crippen LogP contribution in [0.2, 0.25) is 0 Å². The van der Waals surface area contributed by atoms with Gasteiger partial charge < -0.3 is 26.6 Å². The number of amides is 2. The molecule has 12 heteroatoms. The van der Waals surface area contributed by atoms with E-state index >= 15 is 0 Å². The van der Waals surface area contributed by atoms with Gasteiger partial charge in [0.05, 0.1) is 0 Å². The first kappa shape index (κ1) is 22.9. The number of carbonyl (C=O) groups is 4. The molecule has 0 unspecified atom stereocenters. The quantitative estimate of drug-likeness (QED) is 0.208. The Morgan fingerprint density at radius 1 is 1.18 bits per heavy atom. The van der Waals surface area contributed by atoms with Crippen molar-refractivity contribution in [3.63, 3.8) is 0 Å². The number of hydrogen-bond acceptors (Lipinski definition) is 7. The second kappa shape index (κ2) is 13.3. The minimum atomic E-state index is -1.22. The van der Waals surface area contributed by atoms with Crippen LogP contribution in [-0.2, 0) is 35.1 Å². The number of carboxylic acid groups (broad SMARTS) is 2. The van der Waals surface area contributed by atoms with Gasteiger partial charge in [0, 0.05) is 12.2 Å². The maximum absolute atomic E-state index is 11.5. The van der Waals surface area contributed by atoms with Crippen molar-refractivity contribution < 1.29 is 45.3 Å². The summed E-state index contributed by atoms with van der Waals surface area (Å²) >= 11 is 6.94. The summed E-state index contributed by atoms with van der Waals surface area (Å²) in [5.41, 5.74) is 5.23. The Morgan fingerprint density at radius 2 is 1.73 bits per heavy atom. The van der Waals surface area contributed by atoms with Crippen LogP contribution in [0.1, 0.15) is 12.8 Å². The third-order valence-electron chi connectivity index (χ3n) is 2.25. The van der Waals surface area contributed by atoms with Gasteiger partial charge in [0.2, 0.25) is 11.8 Å². The van der Waals surface area contributed by atoms with Crippen molar-refractivity contribution >= 4 is 36.4 Å². The van der Waals surface area contributed by atoms with E-state index in [0.29, 0.717) is 0 Å². The van der Waals surface area contributed by atoms with E-state index in [4.69, 9.17) is 15.9 Å². The van der Waals surface area contributed by atoms with Gasteiger partial charge in [-0.1, -0.05) is 0 Å². The molecule has 0 saturated heterocycles. The summed E-state index contributed by atoms with van der Waals surface area (Å²) in [6.07, 6.45) is -0.235. The molecular formula is C10H19CoN4O6S. The van der Waals surface area contributed by atoms with Crippen LogP contribution in [0.25, 0.3) is 0 Å². The van der Waals surface area contributed by atoms with Gasteiger partial charge in [-0.05, 0) is 6.42 Å². The number of hydrogen-bond donors (Lipinski definition) is 7. The van der Waals surface area contributed by atoms with Crippen LogP contribution in [0.4, 0.5) is 0 Å². The van der Waals surface area contributed by atoms with Crippen molar-refractivity contribution in [2.75, 3.05) is 12.3 Å². The van der Waals surface area contributed by atoms with Gasteiger partial charge in [-0.15, -0.1) is 0 Å². The average Bonchev–Trinajstić information content (AvgIpc) is 2.49. The Kier molecular flexibility index (Phi) is 13.9. The molecule has 130 valence electrons. The second-order valence-corrected chi connectivity index (χ2v) is 4.26. The first-order valence-corrected chi connectivity index (χ1v) is 7.08. The zero-order valence-corrected chi connectivity index (χ0v) is 13.4. The summed E-state index contributed by atoms with van der Waals surface area (Å²) in [6.45, 7) is -0.567. The van der Waals surface area contributed by atoms with Gasteiger partial charge >= 0.3 is 32.7 Å². The van der Waals surface area contributed by atoms with Crippen LogP contribution in [0, 0.1) is 0 Å². The molecule has 0 heterocycles. The Bertz CT molecular complexity index is 398. The van der Waals surface area contributed by atoms with Crippen LogP contribution in [0.15, 0.2) is 0 Å². The van der Waals surface area contributed by atoms with Crippen molar-refractivity contribution in [3.8, 4) is 0 Å². The molecule has 0 spiro atoms. The fourth-order valence-corrected chi connectivity index (χ4v) is 1.41. The predicted octanol–water partition coefficient (Wildman–Crippen LogP) is -2.80. The summed E-state index contributed by atoms with van der Waals surface area (Å²) < 4.78 is 0.